The number of benzene rings is 2. The standard InChI is InChI=1S/C25H29FN4O2/c1-18-4-7-20(8-5-18)23-16-30(17-27-23)25(31)28(2)21-10-12-29(13-11-21)15-19-6-9-22(26)24(14-19)32-3/h4-9,14,16-17,21H,10-13,15H2,1-3H3. The number of ether oxygens (including phenoxy) is 1. The summed E-state index contributed by atoms with van der Waals surface area (Å²) in [5, 5.41) is 0. The maximum atomic E-state index is 13.6. The van der Waals surface area contributed by atoms with Gasteiger partial charge in [0, 0.05) is 44.5 Å². The number of likely N-dealkylation sites (tertiary alicyclic amines) is 1. The number of nitrogens with zero attached hydrogens (tertiary/aromatic N) is 4. The molecule has 7 heteroatoms. The fraction of sp³-hybridized carbons (Fsp3) is 0.360. The van der Waals surface area contributed by atoms with Crippen molar-refractivity contribution < 1.29 is 13.9 Å². The minimum atomic E-state index is -0.347. The Kier molecular flexibility index (Phi) is 6.55. The number of hydrogen-bond donors (Lipinski definition) is 0. The number of amides is 1. The molecule has 6 nitrogen and oxygen atoms in total. The van der Waals surface area contributed by atoms with E-state index in [2.05, 4.69) is 9.88 Å². The van der Waals surface area contributed by atoms with Gasteiger partial charge in [-0.15, -0.1) is 0 Å². The first-order valence-electron chi connectivity index (χ1n) is 10.9. The van der Waals surface area contributed by atoms with Gasteiger partial charge in [0.25, 0.3) is 0 Å². The second kappa shape index (κ2) is 9.53. The van der Waals surface area contributed by atoms with Crippen molar-refractivity contribution in [1.29, 1.82) is 0 Å². The van der Waals surface area contributed by atoms with Gasteiger partial charge in [0.05, 0.1) is 12.8 Å². The largest absolute Gasteiger partial charge is 0.494 e. The van der Waals surface area contributed by atoms with E-state index in [0.717, 1.165) is 49.3 Å². The zero-order valence-corrected chi connectivity index (χ0v) is 18.8. The Morgan fingerprint density at radius 2 is 1.91 bits per heavy atom. The molecule has 0 atom stereocenters. The lowest BCUT2D eigenvalue weighted by Gasteiger charge is -2.36. The molecule has 0 radical (unpaired) electrons. The van der Waals surface area contributed by atoms with Crippen LogP contribution in [0.1, 0.15) is 24.0 Å². The molecule has 4 rings (SSSR count). The predicted molar refractivity (Wildman–Crippen MR) is 122 cm³/mol. The molecule has 0 bridgehead atoms. The molecule has 0 spiro atoms. The Labute approximate surface area is 188 Å². The quantitative estimate of drug-likeness (QED) is 0.588. The molecule has 1 saturated heterocycles. The Morgan fingerprint density at radius 3 is 2.59 bits per heavy atom. The number of halogens is 1. The van der Waals surface area contributed by atoms with Crippen LogP contribution in [-0.2, 0) is 6.54 Å². The van der Waals surface area contributed by atoms with E-state index in [1.807, 2.05) is 43.1 Å². The minimum absolute atomic E-state index is 0.0717. The number of aromatic nitrogens is 2. The summed E-state index contributed by atoms with van der Waals surface area (Å²) in [6.45, 7) is 4.53. The molecule has 1 fully saturated rings. The Balaban J connectivity index is 1.33. The van der Waals surface area contributed by atoms with Crippen LogP contribution in [0.25, 0.3) is 11.3 Å². The number of imidazole rings is 1. The van der Waals surface area contributed by atoms with Crippen molar-refractivity contribution in [3.63, 3.8) is 0 Å². The molecule has 3 aromatic rings. The van der Waals surface area contributed by atoms with Gasteiger partial charge in [0.1, 0.15) is 6.33 Å². The summed E-state index contributed by atoms with van der Waals surface area (Å²) in [7, 11) is 3.34. The van der Waals surface area contributed by atoms with Gasteiger partial charge in [-0.3, -0.25) is 9.47 Å². The highest BCUT2D eigenvalue weighted by atomic mass is 19.1. The Morgan fingerprint density at radius 1 is 1.19 bits per heavy atom. The monoisotopic (exact) mass is 436 g/mol. The van der Waals surface area contributed by atoms with Crippen LogP contribution < -0.4 is 4.74 Å². The SMILES string of the molecule is COc1cc(CN2CCC(N(C)C(=O)n3cnc(-c4ccc(C)cc4)c3)CC2)ccc1F. The highest BCUT2D eigenvalue weighted by molar-refractivity contribution is 5.78. The van der Waals surface area contributed by atoms with Crippen LogP contribution in [0.2, 0.25) is 0 Å². The van der Waals surface area contributed by atoms with Crippen LogP contribution in [0.15, 0.2) is 55.0 Å². The van der Waals surface area contributed by atoms with E-state index in [0.29, 0.717) is 0 Å². The molecule has 2 heterocycles. The van der Waals surface area contributed by atoms with Crippen LogP contribution in [0.4, 0.5) is 9.18 Å². The summed E-state index contributed by atoms with van der Waals surface area (Å²) >= 11 is 0. The maximum Gasteiger partial charge on any atom is 0.329 e. The van der Waals surface area contributed by atoms with E-state index < -0.39 is 0 Å². The average Bonchev–Trinajstić information content (AvgIpc) is 3.30. The number of hydrogen-bond acceptors (Lipinski definition) is 4. The summed E-state index contributed by atoms with van der Waals surface area (Å²) in [5.41, 5.74) is 3.99. The number of methoxy groups -OCH3 is 1. The van der Waals surface area contributed by atoms with E-state index in [1.165, 1.54) is 18.7 Å². The minimum Gasteiger partial charge on any atom is -0.494 e. The number of rotatable bonds is 5. The third-order valence-electron chi connectivity index (χ3n) is 6.18. The average molecular weight is 437 g/mol. The van der Waals surface area contributed by atoms with E-state index in [9.17, 15) is 9.18 Å². The van der Waals surface area contributed by atoms with Crippen molar-refractivity contribution in [3.05, 3.63) is 71.9 Å². The highest BCUT2D eigenvalue weighted by Crippen LogP contribution is 2.23. The summed E-state index contributed by atoms with van der Waals surface area (Å²) in [5.74, 6) is -0.0758. The predicted octanol–water partition coefficient (Wildman–Crippen LogP) is 4.57. The highest BCUT2D eigenvalue weighted by Gasteiger charge is 2.26. The van der Waals surface area contributed by atoms with E-state index >= 15 is 0 Å². The molecule has 1 aromatic heterocycles. The first kappa shape index (κ1) is 22.0. The van der Waals surface area contributed by atoms with Crippen molar-refractivity contribution in [3.8, 4) is 17.0 Å². The second-order valence-corrected chi connectivity index (χ2v) is 8.40. The first-order chi connectivity index (χ1) is 15.4. The lowest BCUT2D eigenvalue weighted by atomic mass is 10.0. The molecule has 32 heavy (non-hydrogen) atoms. The number of piperidine rings is 1. The van der Waals surface area contributed by atoms with Crippen LogP contribution >= 0.6 is 0 Å². The van der Waals surface area contributed by atoms with Crippen LogP contribution in [0.3, 0.4) is 0 Å². The molecular formula is C25H29FN4O2. The Bertz CT molecular complexity index is 1070. The fourth-order valence-corrected chi connectivity index (χ4v) is 4.16. The fourth-order valence-electron chi connectivity index (χ4n) is 4.16. The van der Waals surface area contributed by atoms with Crippen molar-refractivity contribution in [2.24, 2.45) is 0 Å². The van der Waals surface area contributed by atoms with Crippen LogP contribution in [0.5, 0.6) is 5.75 Å². The van der Waals surface area contributed by atoms with Gasteiger partial charge in [-0.1, -0.05) is 35.9 Å². The number of carbonyl (C=O) groups excluding carboxylic acids is 1. The van der Waals surface area contributed by atoms with Gasteiger partial charge in [-0.25, -0.2) is 14.2 Å². The number of carbonyl (C=O) groups is 1. The zero-order chi connectivity index (χ0) is 22.7. The first-order valence-corrected chi connectivity index (χ1v) is 10.9. The normalized spacial score (nSPS) is 15.0. The topological polar surface area (TPSA) is 50.6 Å². The molecule has 0 unspecified atom stereocenters. The summed E-state index contributed by atoms with van der Waals surface area (Å²) in [6, 6.07) is 13.2. The molecule has 0 N–H and O–H groups in total. The lowest BCUT2D eigenvalue weighted by Crippen LogP contribution is -2.46. The molecule has 1 aliphatic heterocycles. The van der Waals surface area contributed by atoms with Gasteiger partial charge in [-0.05, 0) is 37.5 Å². The van der Waals surface area contributed by atoms with Gasteiger partial charge in [0.15, 0.2) is 11.6 Å². The van der Waals surface area contributed by atoms with Crippen LogP contribution in [0, 0.1) is 12.7 Å². The third kappa shape index (κ3) is 4.83. The van der Waals surface area contributed by atoms with E-state index in [1.54, 1.807) is 29.2 Å². The van der Waals surface area contributed by atoms with Crippen molar-refractivity contribution >= 4 is 6.03 Å². The second-order valence-electron chi connectivity index (χ2n) is 8.40. The maximum absolute atomic E-state index is 13.6. The van der Waals surface area contributed by atoms with Gasteiger partial charge < -0.3 is 9.64 Å². The molecular weight excluding hydrogens is 407 g/mol. The summed E-state index contributed by atoms with van der Waals surface area (Å²) in [6.07, 6.45) is 5.16. The van der Waals surface area contributed by atoms with Gasteiger partial charge >= 0.3 is 6.03 Å². The number of aryl methyl sites for hydroxylation is 1. The van der Waals surface area contributed by atoms with Gasteiger partial charge in [-0.2, -0.15) is 0 Å². The summed E-state index contributed by atoms with van der Waals surface area (Å²) < 4.78 is 20.3. The van der Waals surface area contributed by atoms with E-state index in [-0.39, 0.29) is 23.6 Å². The van der Waals surface area contributed by atoms with E-state index in [4.69, 9.17) is 4.74 Å². The van der Waals surface area contributed by atoms with Gasteiger partial charge in [0.2, 0.25) is 0 Å². The summed E-state index contributed by atoms with van der Waals surface area (Å²) in [4.78, 5) is 21.6. The molecule has 168 valence electrons. The molecule has 1 amide bonds. The zero-order valence-electron chi connectivity index (χ0n) is 18.8. The lowest BCUT2D eigenvalue weighted by molar-refractivity contribution is 0.132. The molecule has 0 aliphatic carbocycles. The molecule has 2 aromatic carbocycles. The third-order valence-corrected chi connectivity index (χ3v) is 6.18. The Hall–Kier alpha value is -3.19. The molecule has 1 aliphatic rings. The molecule has 0 saturated carbocycles. The van der Waals surface area contributed by atoms with Crippen molar-refractivity contribution in [2.45, 2.75) is 32.4 Å². The van der Waals surface area contributed by atoms with Crippen molar-refractivity contribution in [1.82, 2.24) is 19.4 Å². The van der Waals surface area contributed by atoms with Crippen molar-refractivity contribution in [2.75, 3.05) is 27.2 Å². The van der Waals surface area contributed by atoms with Crippen LogP contribution in [-0.4, -0.2) is 58.7 Å². The smallest absolute Gasteiger partial charge is 0.329 e.